The van der Waals surface area contributed by atoms with Crippen molar-refractivity contribution in [3.05, 3.63) is 11.2 Å². The van der Waals surface area contributed by atoms with Crippen LogP contribution in [0.25, 0.3) is 0 Å². The van der Waals surface area contributed by atoms with E-state index < -0.39 is 5.92 Å². The summed E-state index contributed by atoms with van der Waals surface area (Å²) in [5.74, 6) is -0.982. The van der Waals surface area contributed by atoms with Gasteiger partial charge in [-0.1, -0.05) is 44.7 Å². The topological polar surface area (TPSA) is 119 Å². The molecule has 1 spiro atoms. The summed E-state index contributed by atoms with van der Waals surface area (Å²) in [6, 6.07) is -0.0557. The van der Waals surface area contributed by atoms with E-state index in [0.29, 0.717) is 0 Å². The number of piperidine rings is 1. The summed E-state index contributed by atoms with van der Waals surface area (Å²) in [6.07, 6.45) is 10.4. The van der Waals surface area contributed by atoms with E-state index in [1.165, 1.54) is 19.3 Å². The normalized spacial score (nSPS) is 33.0. The quantitative estimate of drug-likeness (QED) is 0.215. The number of carbonyl (C=O) groups is 1. The molecular weight excluding hydrogens is 514 g/mol. The first-order valence-electron chi connectivity index (χ1n) is 15.2. The fraction of sp³-hybridized carbons (Fsp3) is 0.862. The van der Waals surface area contributed by atoms with Gasteiger partial charge < -0.3 is 26.4 Å². The molecule has 0 bridgehead atoms. The van der Waals surface area contributed by atoms with Crippen LogP contribution < -0.4 is 21.7 Å². The average Bonchev–Trinajstić information content (AvgIpc) is 3.03. The summed E-state index contributed by atoms with van der Waals surface area (Å²) in [6.45, 7) is 11.9. The van der Waals surface area contributed by atoms with Crippen LogP contribution in [0.2, 0.25) is 0 Å². The lowest BCUT2D eigenvalue weighted by molar-refractivity contribution is -0.128. The second-order valence-electron chi connectivity index (χ2n) is 12.5. The van der Waals surface area contributed by atoms with Crippen LogP contribution in [-0.4, -0.2) is 99.2 Å². The van der Waals surface area contributed by atoms with Gasteiger partial charge in [0.1, 0.15) is 11.8 Å². The van der Waals surface area contributed by atoms with Crippen molar-refractivity contribution >= 4 is 23.3 Å². The van der Waals surface area contributed by atoms with E-state index in [0.717, 1.165) is 89.6 Å². The number of hydrogen-bond donors (Lipinski definition) is 5. The molecule has 0 radical (unpaired) electrons. The molecule has 3 aliphatic heterocycles. The highest BCUT2D eigenvalue weighted by Gasteiger charge is 2.56. The number of piperazine rings is 1. The maximum absolute atomic E-state index is 14.1. The second kappa shape index (κ2) is 13.5. The van der Waals surface area contributed by atoms with Crippen LogP contribution in [0, 0.1) is 22.2 Å². The van der Waals surface area contributed by atoms with E-state index in [4.69, 9.17) is 27.5 Å². The summed E-state index contributed by atoms with van der Waals surface area (Å²) < 4.78 is 5.26. The first-order chi connectivity index (χ1) is 18.7. The molecule has 222 valence electrons. The summed E-state index contributed by atoms with van der Waals surface area (Å²) in [7, 11) is 1.75. The highest BCUT2D eigenvalue weighted by atomic mass is 35.5. The standard InChI is InChI=1S/C29H52ClN7O2/c1-4-28(2)25(34-19-21(30)18-29(28)9-6-5-7-10-29)24(26(31)32)27(38)35-22-20-33-11-8-23(22)37-14-12-36(13-15-37)16-17-39-3/h19,22-25,33-34H,4-18,20H2,1-3H3,(H3,31,32)(H,35,38). The SMILES string of the molecule is CCC1(C)C(C(C(=N)N)C(=O)NC2CNCCC2N2CCN(CCOC)CC2)NC=C(Cl)CC12CCCCC2. The third-order valence-corrected chi connectivity index (χ3v) is 10.8. The van der Waals surface area contributed by atoms with Crippen LogP contribution in [0.4, 0.5) is 0 Å². The van der Waals surface area contributed by atoms with Gasteiger partial charge in [-0.2, -0.15) is 0 Å². The zero-order valence-corrected chi connectivity index (χ0v) is 25.1. The van der Waals surface area contributed by atoms with Crippen LogP contribution in [0.5, 0.6) is 0 Å². The number of methoxy groups -OCH3 is 1. The maximum Gasteiger partial charge on any atom is 0.233 e. The molecular formula is C29H52ClN7O2. The maximum atomic E-state index is 14.1. The second-order valence-corrected chi connectivity index (χ2v) is 13.0. The van der Waals surface area contributed by atoms with Crippen LogP contribution in [-0.2, 0) is 9.53 Å². The molecule has 5 unspecified atom stereocenters. The Hall–Kier alpha value is -1.39. The Morgan fingerprint density at radius 2 is 2.00 bits per heavy atom. The predicted octanol–water partition coefficient (Wildman–Crippen LogP) is 2.46. The van der Waals surface area contributed by atoms with Gasteiger partial charge >= 0.3 is 0 Å². The first kappa shape index (κ1) is 30.6. The molecule has 4 aliphatic rings. The van der Waals surface area contributed by atoms with Crippen molar-refractivity contribution < 1.29 is 9.53 Å². The van der Waals surface area contributed by atoms with Gasteiger partial charge in [0.05, 0.1) is 18.7 Å². The lowest BCUT2D eigenvalue weighted by Crippen LogP contribution is -2.66. The fourth-order valence-corrected chi connectivity index (χ4v) is 8.34. The molecule has 1 saturated carbocycles. The summed E-state index contributed by atoms with van der Waals surface area (Å²) in [4.78, 5) is 19.1. The molecule has 2 saturated heterocycles. The Kier molecular flexibility index (Phi) is 10.6. The Morgan fingerprint density at radius 3 is 2.64 bits per heavy atom. The van der Waals surface area contributed by atoms with Gasteiger partial charge in [0, 0.05) is 63.7 Å². The van der Waals surface area contributed by atoms with Gasteiger partial charge in [-0.15, -0.1) is 0 Å². The van der Waals surface area contributed by atoms with Crippen molar-refractivity contribution in [3.63, 3.8) is 0 Å². The van der Waals surface area contributed by atoms with E-state index in [9.17, 15) is 4.79 Å². The minimum atomic E-state index is -0.763. The summed E-state index contributed by atoms with van der Waals surface area (Å²) in [5, 5.41) is 19.8. The van der Waals surface area contributed by atoms with Crippen LogP contribution in [0.15, 0.2) is 11.2 Å². The lowest BCUT2D eigenvalue weighted by Gasteiger charge is -2.55. The molecule has 1 aliphatic carbocycles. The van der Waals surface area contributed by atoms with Crippen molar-refractivity contribution in [2.24, 2.45) is 22.5 Å². The predicted molar refractivity (Wildman–Crippen MR) is 158 cm³/mol. The number of nitrogens with one attached hydrogen (secondary N) is 4. The summed E-state index contributed by atoms with van der Waals surface area (Å²) in [5.41, 5.74) is 6.03. The first-order valence-corrected chi connectivity index (χ1v) is 15.5. The minimum absolute atomic E-state index is 0.00680. The van der Waals surface area contributed by atoms with Crippen molar-refractivity contribution in [3.8, 4) is 0 Å². The zero-order valence-electron chi connectivity index (χ0n) is 24.4. The number of hydrogen-bond acceptors (Lipinski definition) is 7. The van der Waals surface area contributed by atoms with Gasteiger partial charge in [-0.25, -0.2) is 0 Å². The molecule has 5 atom stereocenters. The van der Waals surface area contributed by atoms with Crippen molar-refractivity contribution in [1.29, 1.82) is 5.41 Å². The molecule has 3 fully saturated rings. The largest absolute Gasteiger partial charge is 0.387 e. The smallest absolute Gasteiger partial charge is 0.233 e. The third kappa shape index (κ3) is 6.58. The Bertz CT molecular complexity index is 872. The van der Waals surface area contributed by atoms with Crippen LogP contribution in [0.1, 0.15) is 65.2 Å². The average molecular weight is 566 g/mol. The van der Waals surface area contributed by atoms with Gasteiger partial charge in [0.15, 0.2) is 0 Å². The molecule has 4 rings (SSSR count). The van der Waals surface area contributed by atoms with Gasteiger partial charge in [0.2, 0.25) is 5.91 Å². The monoisotopic (exact) mass is 565 g/mol. The summed E-state index contributed by atoms with van der Waals surface area (Å²) >= 11 is 6.75. The number of amidine groups is 1. The minimum Gasteiger partial charge on any atom is -0.387 e. The number of halogens is 1. The van der Waals surface area contributed by atoms with E-state index in [1.54, 1.807) is 7.11 Å². The lowest BCUT2D eigenvalue weighted by atomic mass is 9.51. The van der Waals surface area contributed by atoms with Crippen LogP contribution in [0.3, 0.4) is 0 Å². The Morgan fingerprint density at radius 1 is 1.28 bits per heavy atom. The van der Waals surface area contributed by atoms with E-state index >= 15 is 0 Å². The molecule has 0 aromatic rings. The number of carbonyl (C=O) groups excluding carboxylic acids is 1. The molecule has 0 aromatic heterocycles. The van der Waals surface area contributed by atoms with Gasteiger partial charge in [0.25, 0.3) is 0 Å². The number of ether oxygens (including phenoxy) is 1. The Balaban J connectivity index is 1.52. The van der Waals surface area contributed by atoms with Crippen LogP contribution >= 0.6 is 11.6 Å². The molecule has 3 heterocycles. The molecule has 1 amide bonds. The molecule has 9 nitrogen and oxygen atoms in total. The highest BCUT2D eigenvalue weighted by molar-refractivity contribution is 6.29. The number of amides is 1. The van der Waals surface area contributed by atoms with E-state index in [1.807, 2.05) is 6.20 Å². The molecule has 39 heavy (non-hydrogen) atoms. The number of nitrogens with zero attached hydrogens (tertiary/aromatic N) is 2. The molecule has 6 N–H and O–H groups in total. The van der Waals surface area contributed by atoms with Gasteiger partial charge in [-0.05, 0) is 49.5 Å². The number of rotatable bonds is 9. The van der Waals surface area contributed by atoms with E-state index in [2.05, 4.69) is 39.6 Å². The van der Waals surface area contributed by atoms with Crippen molar-refractivity contribution in [1.82, 2.24) is 25.8 Å². The highest BCUT2D eigenvalue weighted by Crippen LogP contribution is 2.59. The zero-order chi connectivity index (χ0) is 28.0. The fourth-order valence-electron chi connectivity index (χ4n) is 8.02. The molecule has 0 aromatic carbocycles. The van der Waals surface area contributed by atoms with Gasteiger partial charge in [-0.3, -0.25) is 20.0 Å². The molecule has 10 heteroatoms. The van der Waals surface area contributed by atoms with E-state index in [-0.39, 0.29) is 40.7 Å². The number of allylic oxidation sites excluding steroid dienone is 1. The van der Waals surface area contributed by atoms with Crippen molar-refractivity contribution in [2.45, 2.75) is 83.3 Å². The Labute approximate surface area is 240 Å². The van der Waals surface area contributed by atoms with Crippen molar-refractivity contribution in [2.75, 3.05) is 59.5 Å². The third-order valence-electron chi connectivity index (χ3n) is 10.6. The number of nitrogens with two attached hydrogens (primary N) is 1.